The Kier molecular flexibility index (Phi) is 5.87. The lowest BCUT2D eigenvalue weighted by molar-refractivity contribution is -0.140. The van der Waals surface area contributed by atoms with Crippen molar-refractivity contribution in [2.24, 2.45) is 5.41 Å². The molecule has 0 radical (unpaired) electrons. The summed E-state index contributed by atoms with van der Waals surface area (Å²) in [5.74, 6) is 0.208. The van der Waals surface area contributed by atoms with E-state index in [1.165, 1.54) is 5.57 Å². The summed E-state index contributed by atoms with van der Waals surface area (Å²) in [7, 11) is 4.02. The lowest BCUT2D eigenvalue weighted by atomic mass is 9.90. The van der Waals surface area contributed by atoms with Crippen LogP contribution in [0.3, 0.4) is 0 Å². The van der Waals surface area contributed by atoms with Crippen LogP contribution in [0.25, 0.3) is 26.8 Å². The molecular weight excluding hydrogens is 444 g/mol. The minimum atomic E-state index is -0.400. The number of aromatic nitrogens is 3. The minimum absolute atomic E-state index is 0.208. The number of hydrogen-bond donors (Lipinski definition) is 2. The molecule has 4 aromatic rings. The molecule has 5 rings (SSSR count). The van der Waals surface area contributed by atoms with Gasteiger partial charge in [-0.15, -0.1) is 11.3 Å². The van der Waals surface area contributed by atoms with Gasteiger partial charge in [0.2, 0.25) is 5.91 Å². The number of fused-ring (bicyclic) bond motifs is 2. The fourth-order valence-electron chi connectivity index (χ4n) is 4.78. The van der Waals surface area contributed by atoms with Gasteiger partial charge in [0.05, 0.1) is 26.8 Å². The van der Waals surface area contributed by atoms with E-state index in [0.29, 0.717) is 6.54 Å². The van der Waals surface area contributed by atoms with Crippen molar-refractivity contribution in [1.29, 1.82) is 0 Å². The quantitative estimate of drug-likeness (QED) is 0.406. The molecule has 8 heteroatoms. The largest absolute Gasteiger partial charge is 0.355 e. The minimum Gasteiger partial charge on any atom is -0.355 e. The third-order valence-electron chi connectivity index (χ3n) is 6.27. The van der Waals surface area contributed by atoms with E-state index in [4.69, 9.17) is 0 Å². The summed E-state index contributed by atoms with van der Waals surface area (Å²) < 4.78 is 1.16. The van der Waals surface area contributed by atoms with E-state index in [-0.39, 0.29) is 5.91 Å². The maximum Gasteiger partial charge on any atom is 0.229 e. The Balaban J connectivity index is 1.35. The van der Waals surface area contributed by atoms with Crippen molar-refractivity contribution in [1.82, 2.24) is 24.8 Å². The Hall–Kier alpha value is -3.23. The van der Waals surface area contributed by atoms with Crippen LogP contribution in [0.4, 0.5) is 11.4 Å². The van der Waals surface area contributed by atoms with Gasteiger partial charge in [-0.05, 0) is 70.3 Å². The number of nitrogens with one attached hydrogen (secondary N) is 2. The summed E-state index contributed by atoms with van der Waals surface area (Å²) in [5.41, 5.74) is 7.66. The molecule has 7 nitrogen and oxygen atoms in total. The lowest BCUT2D eigenvalue weighted by Gasteiger charge is -2.35. The molecule has 1 aliphatic rings. The van der Waals surface area contributed by atoms with Gasteiger partial charge < -0.3 is 20.1 Å². The third-order valence-corrected chi connectivity index (χ3v) is 7.07. The predicted octanol–water partition coefficient (Wildman–Crippen LogP) is 5.12. The van der Waals surface area contributed by atoms with Crippen LogP contribution < -0.4 is 5.32 Å². The SMILES string of the molecule is CN(C)CC(C)(C)C(=O)N1CC=C(c2cc3c(Nc4ccc5ncsc5c4)ccnc3[nH]2)CC1. The van der Waals surface area contributed by atoms with E-state index in [9.17, 15) is 4.79 Å². The highest BCUT2D eigenvalue weighted by Crippen LogP contribution is 2.32. The second-order valence-corrected chi connectivity index (χ2v) is 10.7. The van der Waals surface area contributed by atoms with Crippen LogP contribution in [-0.4, -0.2) is 64.4 Å². The fourth-order valence-corrected chi connectivity index (χ4v) is 5.50. The molecule has 0 saturated carbocycles. The number of pyridine rings is 1. The second-order valence-electron chi connectivity index (χ2n) is 9.82. The first-order valence-electron chi connectivity index (χ1n) is 11.5. The van der Waals surface area contributed by atoms with Gasteiger partial charge >= 0.3 is 0 Å². The van der Waals surface area contributed by atoms with E-state index >= 15 is 0 Å². The summed E-state index contributed by atoms with van der Waals surface area (Å²) in [6.07, 6.45) is 4.81. The molecule has 0 saturated heterocycles. The normalized spacial score (nSPS) is 14.7. The zero-order valence-corrected chi connectivity index (χ0v) is 20.9. The third kappa shape index (κ3) is 4.43. The number of H-pyrrole nitrogens is 1. The Bertz CT molecular complexity index is 1380. The molecule has 4 heterocycles. The molecule has 0 bridgehead atoms. The monoisotopic (exact) mass is 474 g/mol. The molecule has 1 aliphatic heterocycles. The zero-order valence-electron chi connectivity index (χ0n) is 20.1. The van der Waals surface area contributed by atoms with Crippen molar-refractivity contribution in [2.75, 3.05) is 39.0 Å². The van der Waals surface area contributed by atoms with Gasteiger partial charge in [0.25, 0.3) is 0 Å². The van der Waals surface area contributed by atoms with Gasteiger partial charge in [-0.1, -0.05) is 6.08 Å². The van der Waals surface area contributed by atoms with Gasteiger partial charge in [0.15, 0.2) is 0 Å². The number of amides is 1. The van der Waals surface area contributed by atoms with E-state index in [0.717, 1.165) is 57.8 Å². The lowest BCUT2D eigenvalue weighted by Crippen LogP contribution is -2.47. The maximum absolute atomic E-state index is 13.1. The molecule has 1 aromatic carbocycles. The fraction of sp³-hybridized carbons (Fsp3) is 0.346. The molecule has 176 valence electrons. The number of carbonyl (C=O) groups excluding carboxylic acids is 1. The highest BCUT2D eigenvalue weighted by Gasteiger charge is 2.33. The molecule has 3 aromatic heterocycles. The number of hydrogen-bond acceptors (Lipinski definition) is 6. The van der Waals surface area contributed by atoms with Gasteiger partial charge in [-0.2, -0.15) is 0 Å². The second kappa shape index (κ2) is 8.85. The standard InChI is InChI=1S/C26H30N6OS/c1-26(2,15-31(3)4)25(33)32-11-8-17(9-12-32)22-14-19-20(7-10-27-24(19)30-22)29-18-5-6-21-23(13-18)34-16-28-21/h5-8,10,13-14,16H,9,11-12,15H2,1-4H3,(H2,27,29,30). The van der Waals surface area contributed by atoms with Crippen LogP contribution in [-0.2, 0) is 4.79 Å². The number of anilines is 2. The molecule has 0 spiro atoms. The predicted molar refractivity (Wildman–Crippen MR) is 141 cm³/mol. The number of benzene rings is 1. The molecule has 34 heavy (non-hydrogen) atoms. The first-order valence-corrected chi connectivity index (χ1v) is 12.4. The Morgan fingerprint density at radius 2 is 2.09 bits per heavy atom. The Morgan fingerprint density at radius 3 is 2.85 bits per heavy atom. The van der Waals surface area contributed by atoms with Crippen molar-refractivity contribution in [2.45, 2.75) is 20.3 Å². The zero-order chi connectivity index (χ0) is 23.9. The summed E-state index contributed by atoms with van der Waals surface area (Å²) in [4.78, 5) is 29.5. The molecular formula is C26H30N6OS. The Morgan fingerprint density at radius 1 is 1.24 bits per heavy atom. The van der Waals surface area contributed by atoms with E-state index in [1.807, 2.05) is 56.7 Å². The Labute approximate surface area is 203 Å². The molecule has 0 fully saturated rings. The van der Waals surface area contributed by atoms with Gasteiger partial charge in [-0.3, -0.25) is 4.79 Å². The van der Waals surface area contributed by atoms with Crippen LogP contribution >= 0.6 is 11.3 Å². The summed E-state index contributed by atoms with van der Waals surface area (Å²) in [6.45, 7) is 6.15. The van der Waals surface area contributed by atoms with Gasteiger partial charge in [0.1, 0.15) is 5.65 Å². The average Bonchev–Trinajstić information content (AvgIpc) is 3.45. The van der Waals surface area contributed by atoms with Crippen molar-refractivity contribution < 1.29 is 4.79 Å². The van der Waals surface area contributed by atoms with Crippen LogP contribution in [0.1, 0.15) is 26.0 Å². The van der Waals surface area contributed by atoms with Crippen LogP contribution in [0.5, 0.6) is 0 Å². The molecule has 0 atom stereocenters. The smallest absolute Gasteiger partial charge is 0.229 e. The van der Waals surface area contributed by atoms with Crippen LogP contribution in [0.15, 0.2) is 48.1 Å². The van der Waals surface area contributed by atoms with Gasteiger partial charge in [-0.25, -0.2) is 9.97 Å². The number of rotatable bonds is 6. The van der Waals surface area contributed by atoms with Crippen LogP contribution in [0, 0.1) is 5.41 Å². The van der Waals surface area contributed by atoms with Crippen molar-refractivity contribution >= 4 is 55.4 Å². The first kappa shape index (κ1) is 22.6. The summed E-state index contributed by atoms with van der Waals surface area (Å²) >= 11 is 1.64. The average molecular weight is 475 g/mol. The summed E-state index contributed by atoms with van der Waals surface area (Å²) in [6, 6.07) is 10.4. The maximum atomic E-state index is 13.1. The van der Waals surface area contributed by atoms with E-state index in [1.54, 1.807) is 11.3 Å². The van der Waals surface area contributed by atoms with Crippen molar-refractivity contribution in [3.8, 4) is 0 Å². The number of aromatic amines is 1. The van der Waals surface area contributed by atoms with E-state index in [2.05, 4.69) is 49.4 Å². The molecule has 2 N–H and O–H groups in total. The van der Waals surface area contributed by atoms with Crippen molar-refractivity contribution in [3.05, 3.63) is 53.8 Å². The number of nitrogens with zero attached hydrogens (tertiary/aromatic N) is 4. The highest BCUT2D eigenvalue weighted by molar-refractivity contribution is 7.16. The number of thiazole rings is 1. The van der Waals surface area contributed by atoms with Crippen LogP contribution in [0.2, 0.25) is 0 Å². The topological polar surface area (TPSA) is 77.2 Å². The first-order chi connectivity index (χ1) is 16.3. The van der Waals surface area contributed by atoms with E-state index < -0.39 is 5.41 Å². The molecule has 0 unspecified atom stereocenters. The summed E-state index contributed by atoms with van der Waals surface area (Å²) in [5, 5.41) is 4.59. The highest BCUT2D eigenvalue weighted by atomic mass is 32.1. The van der Waals surface area contributed by atoms with Crippen molar-refractivity contribution in [3.63, 3.8) is 0 Å². The molecule has 1 amide bonds. The number of carbonyl (C=O) groups is 1. The molecule has 0 aliphatic carbocycles. The van der Waals surface area contributed by atoms with Gasteiger partial charge in [0, 0.05) is 42.6 Å².